The largest absolute Gasteiger partial charge is 0.508 e. The standard InChI is InChI=1S/C26H23F3N2O5S2.C18H17FN2O4S2.C8H7F3O.CH4/c1-17-12-19(26(27,28)29)14-22(13-17)36-20-6-8-23(9-7-20)38(32,33)31(25-30-10-11-37-25)16-18-4-5-21(34-2)15-24(18)35-3;1-24-15-6-3-13(17(11-15)25-2)12-21(18-20-9-10-26-18)27(22,23)16-7-4-14(19)5-8-16;1-5-2-6(8(9,10)11)4-7(12)3-5;/h4-15H,16H2,1-3H3;3-11H,12H2,1-2H3;2-4,12H,1H3;1H4. The monoisotopic (exact) mass is 1160 g/mol. The molecule has 0 fully saturated rings. The molecule has 2 aromatic heterocycles. The number of benzene rings is 6. The van der Waals surface area contributed by atoms with E-state index in [0.29, 0.717) is 56.4 Å². The fourth-order valence-corrected chi connectivity index (χ4v) is 11.6. The first-order valence-electron chi connectivity index (χ1n) is 22.2. The molecule has 0 unspecified atom stereocenters. The van der Waals surface area contributed by atoms with E-state index in [4.69, 9.17) is 28.8 Å². The highest BCUT2D eigenvalue weighted by atomic mass is 32.2. The van der Waals surface area contributed by atoms with Gasteiger partial charge in [-0.05, 0) is 134 Å². The second-order valence-electron chi connectivity index (χ2n) is 16.1. The van der Waals surface area contributed by atoms with Gasteiger partial charge in [-0.1, -0.05) is 7.43 Å². The zero-order chi connectivity index (χ0) is 56.3. The van der Waals surface area contributed by atoms with Gasteiger partial charge in [-0.15, -0.1) is 22.7 Å². The number of hydrogen-bond acceptors (Lipinski definition) is 14. The molecule has 1 N–H and O–H groups in total. The van der Waals surface area contributed by atoms with Crippen molar-refractivity contribution < 1.29 is 76.4 Å². The van der Waals surface area contributed by atoms with Gasteiger partial charge in [0.25, 0.3) is 20.0 Å². The summed E-state index contributed by atoms with van der Waals surface area (Å²) in [6.07, 6.45) is -5.88. The fraction of sp³-hybridized carbons (Fsp3) is 0.208. The number of anilines is 2. The summed E-state index contributed by atoms with van der Waals surface area (Å²) in [6, 6.07) is 26.7. The molecule has 0 saturated carbocycles. The number of hydrogen-bond donors (Lipinski definition) is 1. The lowest BCUT2D eigenvalue weighted by atomic mass is 10.1. The van der Waals surface area contributed by atoms with E-state index in [1.165, 1.54) is 119 Å². The normalized spacial score (nSPS) is 11.4. The van der Waals surface area contributed by atoms with Gasteiger partial charge < -0.3 is 28.8 Å². The third-order valence-electron chi connectivity index (χ3n) is 10.7. The molecule has 6 aromatic carbocycles. The van der Waals surface area contributed by atoms with Crippen molar-refractivity contribution in [3.63, 3.8) is 0 Å². The predicted octanol–water partition coefficient (Wildman–Crippen LogP) is 13.7. The highest BCUT2D eigenvalue weighted by Crippen LogP contribution is 2.37. The lowest BCUT2D eigenvalue weighted by Crippen LogP contribution is -2.30. The molecule has 0 spiro atoms. The Morgan fingerprint density at radius 1 is 0.526 bits per heavy atom. The molecule has 25 heteroatoms. The van der Waals surface area contributed by atoms with E-state index < -0.39 is 49.3 Å². The molecule has 0 atom stereocenters. The van der Waals surface area contributed by atoms with Crippen LogP contribution in [0, 0.1) is 19.7 Å². The summed E-state index contributed by atoms with van der Waals surface area (Å²) in [5.41, 5.74) is 0.343. The lowest BCUT2D eigenvalue weighted by Gasteiger charge is -2.23. The first kappa shape index (κ1) is 61.2. The van der Waals surface area contributed by atoms with Crippen molar-refractivity contribution >= 4 is 53.0 Å². The van der Waals surface area contributed by atoms with E-state index >= 15 is 0 Å². The molecule has 0 aliphatic rings. The molecule has 0 saturated heterocycles. The van der Waals surface area contributed by atoms with Crippen LogP contribution < -0.4 is 32.3 Å². The Balaban J connectivity index is 0.000000243. The molecule has 0 bridgehead atoms. The Labute approximate surface area is 454 Å². The summed E-state index contributed by atoms with van der Waals surface area (Å²) in [6.45, 7) is 2.96. The van der Waals surface area contributed by atoms with Crippen molar-refractivity contribution in [2.45, 2.75) is 56.5 Å². The van der Waals surface area contributed by atoms with E-state index in [1.54, 1.807) is 47.2 Å². The van der Waals surface area contributed by atoms with Gasteiger partial charge in [0.1, 0.15) is 46.1 Å². The van der Waals surface area contributed by atoms with E-state index in [-0.39, 0.29) is 52.7 Å². The summed E-state index contributed by atoms with van der Waals surface area (Å²) in [5.74, 6) is 1.39. The molecule has 0 aliphatic heterocycles. The van der Waals surface area contributed by atoms with Crippen LogP contribution in [0.4, 0.5) is 41.0 Å². The van der Waals surface area contributed by atoms with Crippen molar-refractivity contribution in [2.24, 2.45) is 0 Å². The maximum absolute atomic E-state index is 13.7. The number of phenolic OH excluding ortho intramolecular Hbond substituents is 1. The van der Waals surface area contributed by atoms with Crippen molar-refractivity contribution in [3.8, 4) is 40.2 Å². The average Bonchev–Trinajstić information content (AvgIpc) is 4.14. The maximum Gasteiger partial charge on any atom is 0.416 e. The number of aryl methyl sites for hydroxylation is 2. The Morgan fingerprint density at radius 3 is 1.32 bits per heavy atom. The average molecular weight is 1170 g/mol. The molecule has 2 heterocycles. The quantitative estimate of drug-likeness (QED) is 0.0911. The molecule has 416 valence electrons. The number of rotatable bonds is 16. The minimum absolute atomic E-state index is 0. The highest BCUT2D eigenvalue weighted by molar-refractivity contribution is 7.93. The number of nitrogens with zero attached hydrogens (tertiary/aromatic N) is 4. The van der Waals surface area contributed by atoms with Crippen LogP contribution in [-0.4, -0.2) is 60.3 Å². The summed E-state index contributed by atoms with van der Waals surface area (Å²) in [7, 11) is -2.02. The molecule has 78 heavy (non-hydrogen) atoms. The molecule has 0 aliphatic carbocycles. The Kier molecular flexibility index (Phi) is 20.5. The van der Waals surface area contributed by atoms with Crippen LogP contribution in [0.1, 0.15) is 40.8 Å². The van der Waals surface area contributed by atoms with Crippen LogP contribution in [-0.2, 0) is 45.5 Å². The third kappa shape index (κ3) is 15.8. The van der Waals surface area contributed by atoms with Gasteiger partial charge in [-0.3, -0.25) is 0 Å². The second kappa shape index (κ2) is 26.2. The van der Waals surface area contributed by atoms with Crippen molar-refractivity contribution in [1.82, 2.24) is 9.97 Å². The van der Waals surface area contributed by atoms with Crippen LogP contribution in [0.3, 0.4) is 0 Å². The molecule has 0 amide bonds. The van der Waals surface area contributed by atoms with E-state index in [1.807, 2.05) is 0 Å². The van der Waals surface area contributed by atoms with Crippen molar-refractivity contribution in [3.05, 3.63) is 184 Å². The van der Waals surface area contributed by atoms with Crippen molar-refractivity contribution in [2.75, 3.05) is 37.0 Å². The fourth-order valence-electron chi connectivity index (χ4n) is 7.04. The number of methoxy groups -OCH3 is 4. The number of aromatic hydroxyl groups is 1. The van der Waals surface area contributed by atoms with Crippen LogP contribution in [0.5, 0.6) is 40.2 Å². The Bertz CT molecular complexity index is 3440. The van der Waals surface area contributed by atoms with Crippen LogP contribution in [0.2, 0.25) is 0 Å². The van der Waals surface area contributed by atoms with Crippen LogP contribution in [0.15, 0.2) is 154 Å². The first-order valence-corrected chi connectivity index (χ1v) is 26.9. The number of halogens is 7. The number of phenols is 1. The van der Waals surface area contributed by atoms with Crippen LogP contribution in [0.25, 0.3) is 0 Å². The zero-order valence-electron chi connectivity index (χ0n) is 41.5. The molecule has 8 aromatic rings. The Hall–Kier alpha value is -7.61. The molecule has 14 nitrogen and oxygen atoms in total. The van der Waals surface area contributed by atoms with E-state index in [9.17, 15) is 47.6 Å². The summed E-state index contributed by atoms with van der Waals surface area (Å²) in [4.78, 5) is 8.25. The Morgan fingerprint density at radius 2 is 0.936 bits per heavy atom. The SMILES string of the molecule is C.COc1ccc(CN(c2nccs2)S(=O)(=O)c2ccc(F)cc2)c(OC)c1.COc1ccc(CN(c2nccs2)S(=O)(=O)c2ccc(Oc3cc(C)cc(C(F)(F)F)c3)cc2)c(OC)c1.Cc1cc(O)cc(C(F)(F)F)c1. The molecular weight excluding hydrogens is 1110 g/mol. The molecular formula is C53H51F7N4O10S4. The topological polar surface area (TPSA) is 167 Å². The number of aromatic nitrogens is 2. The van der Waals surface area contributed by atoms with Crippen LogP contribution >= 0.6 is 22.7 Å². The second-order valence-corrected chi connectivity index (χ2v) is 21.6. The summed E-state index contributed by atoms with van der Waals surface area (Å²) < 4.78 is 172. The number of thiazole rings is 2. The lowest BCUT2D eigenvalue weighted by molar-refractivity contribution is -0.138. The van der Waals surface area contributed by atoms with Gasteiger partial charge in [-0.25, -0.2) is 39.8 Å². The highest BCUT2D eigenvalue weighted by Gasteiger charge is 2.33. The molecule has 0 radical (unpaired) electrons. The van der Waals surface area contributed by atoms with Gasteiger partial charge in [0.15, 0.2) is 10.3 Å². The summed E-state index contributed by atoms with van der Waals surface area (Å²) >= 11 is 2.35. The zero-order valence-corrected chi connectivity index (χ0v) is 44.7. The van der Waals surface area contributed by atoms with Gasteiger partial charge in [0.05, 0.1) is 62.4 Å². The van der Waals surface area contributed by atoms with E-state index in [2.05, 4.69) is 9.97 Å². The first-order chi connectivity index (χ1) is 36.3. The minimum atomic E-state index is -4.52. The van der Waals surface area contributed by atoms with Gasteiger partial charge in [0, 0.05) is 46.4 Å². The van der Waals surface area contributed by atoms with Gasteiger partial charge in [-0.2, -0.15) is 26.3 Å². The van der Waals surface area contributed by atoms with E-state index in [0.717, 1.165) is 46.0 Å². The number of ether oxygens (including phenoxy) is 5. The summed E-state index contributed by atoms with van der Waals surface area (Å²) in [5, 5.41) is 12.8. The third-order valence-corrected chi connectivity index (χ3v) is 16.0. The predicted molar refractivity (Wildman–Crippen MR) is 284 cm³/mol. The minimum Gasteiger partial charge on any atom is -0.508 e. The smallest absolute Gasteiger partial charge is 0.416 e. The van der Waals surface area contributed by atoms with Crippen molar-refractivity contribution in [1.29, 1.82) is 0 Å². The van der Waals surface area contributed by atoms with Gasteiger partial charge in [0.2, 0.25) is 0 Å². The maximum atomic E-state index is 13.7. The number of alkyl halides is 6. The molecule has 8 rings (SSSR count). The van der Waals surface area contributed by atoms with Gasteiger partial charge >= 0.3 is 12.4 Å². The number of sulfonamides is 2.